The fourth-order valence-corrected chi connectivity index (χ4v) is 1.78. The molecule has 0 saturated heterocycles. The summed E-state index contributed by atoms with van der Waals surface area (Å²) in [6, 6.07) is 9.19. The second kappa shape index (κ2) is 4.97. The maximum absolute atomic E-state index is 13.2. The predicted octanol–water partition coefficient (Wildman–Crippen LogP) is 2.56. The summed E-state index contributed by atoms with van der Waals surface area (Å²) in [7, 11) is 0. The third-order valence-corrected chi connectivity index (χ3v) is 2.82. The van der Waals surface area contributed by atoms with Gasteiger partial charge in [0.15, 0.2) is 0 Å². The Morgan fingerprint density at radius 1 is 1.26 bits per heavy atom. The van der Waals surface area contributed by atoms with E-state index < -0.39 is 5.91 Å². The van der Waals surface area contributed by atoms with Gasteiger partial charge in [0, 0.05) is 5.69 Å². The van der Waals surface area contributed by atoms with E-state index in [-0.39, 0.29) is 11.4 Å². The van der Waals surface area contributed by atoms with Crippen molar-refractivity contribution in [2.75, 3.05) is 11.1 Å². The minimum Gasteiger partial charge on any atom is -0.397 e. The Labute approximate surface area is 110 Å². The van der Waals surface area contributed by atoms with E-state index >= 15 is 0 Å². The summed E-state index contributed by atoms with van der Waals surface area (Å²) in [4.78, 5) is 11.4. The third-order valence-electron chi connectivity index (χ3n) is 2.82. The van der Waals surface area contributed by atoms with Gasteiger partial charge in [0.25, 0.3) is 5.91 Å². The molecule has 0 atom stereocenters. The average molecular weight is 259 g/mol. The van der Waals surface area contributed by atoms with E-state index in [0.717, 1.165) is 5.56 Å². The Balaban J connectivity index is 2.49. The molecule has 0 bridgehead atoms. The van der Waals surface area contributed by atoms with Gasteiger partial charge >= 0.3 is 0 Å². The van der Waals surface area contributed by atoms with E-state index in [1.165, 1.54) is 12.1 Å². The van der Waals surface area contributed by atoms with Crippen LogP contribution < -0.4 is 16.8 Å². The molecular weight excluding hydrogens is 245 g/mol. The van der Waals surface area contributed by atoms with Crippen LogP contribution in [0.3, 0.4) is 0 Å². The van der Waals surface area contributed by atoms with E-state index in [2.05, 4.69) is 5.32 Å². The molecule has 0 aromatic heterocycles. The van der Waals surface area contributed by atoms with E-state index in [1.54, 1.807) is 24.3 Å². The normalized spacial score (nSPS) is 10.2. The number of carbonyl (C=O) groups is 1. The minimum atomic E-state index is -0.594. The molecule has 0 heterocycles. The summed E-state index contributed by atoms with van der Waals surface area (Å²) in [5.74, 6) is -0.966. The van der Waals surface area contributed by atoms with Gasteiger partial charge in [-0.15, -0.1) is 0 Å². The number of primary amides is 1. The predicted molar refractivity (Wildman–Crippen MR) is 73.8 cm³/mol. The molecule has 5 N–H and O–H groups in total. The zero-order valence-corrected chi connectivity index (χ0v) is 10.4. The molecule has 2 rings (SSSR count). The molecular formula is C14H14FN3O. The van der Waals surface area contributed by atoms with E-state index in [9.17, 15) is 9.18 Å². The SMILES string of the molecule is Cc1ccc(F)cc1Nc1c(N)cccc1C(N)=O. The molecule has 0 saturated carbocycles. The number of nitrogens with one attached hydrogen (secondary N) is 1. The molecule has 19 heavy (non-hydrogen) atoms. The largest absolute Gasteiger partial charge is 0.397 e. The van der Waals surface area contributed by atoms with E-state index in [0.29, 0.717) is 17.1 Å². The number of anilines is 3. The maximum atomic E-state index is 13.2. The molecule has 0 unspecified atom stereocenters. The van der Waals surface area contributed by atoms with Crippen molar-refractivity contribution in [2.24, 2.45) is 5.73 Å². The first-order valence-corrected chi connectivity index (χ1v) is 5.70. The molecule has 2 aromatic rings. The van der Waals surface area contributed by atoms with Crippen molar-refractivity contribution in [2.45, 2.75) is 6.92 Å². The first kappa shape index (κ1) is 12.9. The number of rotatable bonds is 3. The highest BCUT2D eigenvalue weighted by atomic mass is 19.1. The van der Waals surface area contributed by atoms with Crippen molar-refractivity contribution >= 4 is 23.0 Å². The molecule has 2 aromatic carbocycles. The summed E-state index contributed by atoms with van der Waals surface area (Å²) in [6.45, 7) is 1.82. The number of nitrogen functional groups attached to an aromatic ring is 1. The van der Waals surface area contributed by atoms with E-state index in [4.69, 9.17) is 11.5 Å². The van der Waals surface area contributed by atoms with Crippen LogP contribution in [0.25, 0.3) is 0 Å². The third kappa shape index (κ3) is 2.65. The molecule has 0 radical (unpaired) electrons. The number of nitrogens with two attached hydrogens (primary N) is 2. The number of para-hydroxylation sites is 1. The van der Waals surface area contributed by atoms with Gasteiger partial charge in [-0.05, 0) is 36.8 Å². The van der Waals surface area contributed by atoms with Crippen molar-refractivity contribution in [1.82, 2.24) is 0 Å². The number of hydrogen-bond acceptors (Lipinski definition) is 3. The quantitative estimate of drug-likeness (QED) is 0.741. The number of hydrogen-bond donors (Lipinski definition) is 3. The monoisotopic (exact) mass is 259 g/mol. The van der Waals surface area contributed by atoms with Crippen LogP contribution in [-0.4, -0.2) is 5.91 Å². The second-order valence-corrected chi connectivity index (χ2v) is 4.22. The molecule has 98 valence electrons. The number of halogens is 1. The second-order valence-electron chi connectivity index (χ2n) is 4.22. The molecule has 0 aliphatic carbocycles. The number of carbonyl (C=O) groups excluding carboxylic acids is 1. The Hall–Kier alpha value is -2.56. The van der Waals surface area contributed by atoms with Crippen LogP contribution in [-0.2, 0) is 0 Å². The zero-order chi connectivity index (χ0) is 14.0. The lowest BCUT2D eigenvalue weighted by molar-refractivity contribution is 0.100. The van der Waals surface area contributed by atoms with Gasteiger partial charge in [-0.1, -0.05) is 12.1 Å². The molecule has 0 fully saturated rings. The zero-order valence-electron chi connectivity index (χ0n) is 10.4. The summed E-state index contributed by atoms with van der Waals surface area (Å²) < 4.78 is 13.2. The van der Waals surface area contributed by atoms with Crippen molar-refractivity contribution < 1.29 is 9.18 Å². The lowest BCUT2D eigenvalue weighted by atomic mass is 10.1. The van der Waals surface area contributed by atoms with Crippen molar-refractivity contribution in [3.63, 3.8) is 0 Å². The number of benzene rings is 2. The Kier molecular flexibility index (Phi) is 3.37. The highest BCUT2D eigenvalue weighted by Gasteiger charge is 2.12. The number of aryl methyl sites for hydroxylation is 1. The summed E-state index contributed by atoms with van der Waals surface area (Å²) >= 11 is 0. The molecule has 4 nitrogen and oxygen atoms in total. The van der Waals surface area contributed by atoms with Gasteiger partial charge in [0.05, 0.1) is 16.9 Å². The van der Waals surface area contributed by atoms with Gasteiger partial charge in [0.2, 0.25) is 0 Å². The van der Waals surface area contributed by atoms with Crippen LogP contribution in [0.4, 0.5) is 21.5 Å². The van der Waals surface area contributed by atoms with Crippen LogP contribution in [0.2, 0.25) is 0 Å². The topological polar surface area (TPSA) is 81.1 Å². The minimum absolute atomic E-state index is 0.267. The van der Waals surface area contributed by atoms with Crippen LogP contribution in [0.1, 0.15) is 15.9 Å². The molecule has 1 amide bonds. The molecule has 0 spiro atoms. The fourth-order valence-electron chi connectivity index (χ4n) is 1.78. The summed E-state index contributed by atoms with van der Waals surface area (Å²) in [6.07, 6.45) is 0. The Morgan fingerprint density at radius 2 is 2.00 bits per heavy atom. The first-order valence-electron chi connectivity index (χ1n) is 5.70. The van der Waals surface area contributed by atoms with Gasteiger partial charge in [0.1, 0.15) is 5.82 Å². The van der Waals surface area contributed by atoms with Crippen molar-refractivity contribution in [1.29, 1.82) is 0 Å². The standard InChI is InChI=1S/C14H14FN3O/c1-8-5-6-9(15)7-12(8)18-13-10(14(17)19)3-2-4-11(13)16/h2-7,18H,16H2,1H3,(H2,17,19). The Morgan fingerprint density at radius 3 is 2.68 bits per heavy atom. The number of amides is 1. The molecule has 0 aliphatic heterocycles. The van der Waals surface area contributed by atoms with Crippen LogP contribution in [0.15, 0.2) is 36.4 Å². The van der Waals surface area contributed by atoms with Crippen LogP contribution in [0, 0.1) is 12.7 Å². The summed E-state index contributed by atoms with van der Waals surface area (Å²) in [5.41, 5.74) is 13.5. The molecule has 5 heteroatoms. The van der Waals surface area contributed by atoms with E-state index in [1.807, 2.05) is 6.92 Å². The smallest absolute Gasteiger partial charge is 0.250 e. The van der Waals surface area contributed by atoms with Crippen molar-refractivity contribution in [3.05, 3.63) is 53.3 Å². The van der Waals surface area contributed by atoms with Crippen LogP contribution >= 0.6 is 0 Å². The average Bonchev–Trinajstić information content (AvgIpc) is 2.35. The van der Waals surface area contributed by atoms with Crippen molar-refractivity contribution in [3.8, 4) is 0 Å². The Bertz CT molecular complexity index is 641. The van der Waals surface area contributed by atoms with Crippen LogP contribution in [0.5, 0.6) is 0 Å². The van der Waals surface area contributed by atoms with Gasteiger partial charge in [-0.2, -0.15) is 0 Å². The van der Waals surface area contributed by atoms with Gasteiger partial charge in [-0.25, -0.2) is 4.39 Å². The lowest BCUT2D eigenvalue weighted by Gasteiger charge is -2.14. The van der Waals surface area contributed by atoms with Gasteiger partial charge < -0.3 is 16.8 Å². The highest BCUT2D eigenvalue weighted by molar-refractivity contribution is 6.02. The lowest BCUT2D eigenvalue weighted by Crippen LogP contribution is -2.14. The first-order chi connectivity index (χ1) is 8.99. The summed E-state index contributed by atoms with van der Waals surface area (Å²) in [5, 5.41) is 2.97. The van der Waals surface area contributed by atoms with Gasteiger partial charge in [-0.3, -0.25) is 4.79 Å². The maximum Gasteiger partial charge on any atom is 0.250 e. The highest BCUT2D eigenvalue weighted by Crippen LogP contribution is 2.29. The fraction of sp³-hybridized carbons (Fsp3) is 0.0714. The molecule has 0 aliphatic rings.